The van der Waals surface area contributed by atoms with E-state index in [0.29, 0.717) is 24.7 Å². The lowest BCUT2D eigenvalue weighted by Gasteiger charge is -2.21. The highest BCUT2D eigenvalue weighted by atomic mass is 35.5. The highest BCUT2D eigenvalue weighted by Crippen LogP contribution is 2.30. The van der Waals surface area contributed by atoms with Gasteiger partial charge < -0.3 is 5.11 Å². The van der Waals surface area contributed by atoms with Gasteiger partial charge in [-0.1, -0.05) is 23.7 Å². The molecule has 18 heavy (non-hydrogen) atoms. The molecular weight excluding hydrogens is 257 g/mol. The smallest absolute Gasteiger partial charge is 0.304 e. The van der Waals surface area contributed by atoms with Crippen molar-refractivity contribution in [2.24, 2.45) is 0 Å². The Morgan fingerprint density at radius 2 is 2.22 bits per heavy atom. The first kappa shape index (κ1) is 13.3. The fourth-order valence-corrected chi connectivity index (χ4v) is 2.14. The van der Waals surface area contributed by atoms with Crippen molar-refractivity contribution in [1.29, 1.82) is 0 Å². The van der Waals surface area contributed by atoms with E-state index >= 15 is 0 Å². The van der Waals surface area contributed by atoms with Crippen molar-refractivity contribution in [2.75, 3.05) is 6.54 Å². The fourth-order valence-electron chi connectivity index (χ4n) is 1.96. The van der Waals surface area contributed by atoms with Crippen LogP contribution in [-0.2, 0) is 11.3 Å². The number of hydrogen-bond acceptors (Lipinski definition) is 2. The van der Waals surface area contributed by atoms with Gasteiger partial charge in [-0.2, -0.15) is 0 Å². The van der Waals surface area contributed by atoms with Crippen LogP contribution < -0.4 is 0 Å². The molecule has 0 saturated heterocycles. The van der Waals surface area contributed by atoms with Crippen molar-refractivity contribution in [1.82, 2.24) is 4.90 Å². The normalized spacial score (nSPS) is 15.1. The summed E-state index contributed by atoms with van der Waals surface area (Å²) in [4.78, 5) is 12.7. The van der Waals surface area contributed by atoms with Crippen molar-refractivity contribution in [3.63, 3.8) is 0 Å². The monoisotopic (exact) mass is 271 g/mol. The highest BCUT2D eigenvalue weighted by molar-refractivity contribution is 6.31. The number of rotatable bonds is 6. The number of nitrogens with zero attached hydrogens (tertiary/aromatic N) is 1. The van der Waals surface area contributed by atoms with E-state index in [4.69, 9.17) is 16.7 Å². The molecule has 0 heterocycles. The van der Waals surface area contributed by atoms with Crippen LogP contribution in [0.2, 0.25) is 5.02 Å². The molecule has 0 radical (unpaired) electrons. The van der Waals surface area contributed by atoms with Crippen LogP contribution in [0.15, 0.2) is 18.2 Å². The fraction of sp³-hybridized carbons (Fsp3) is 0.462. The van der Waals surface area contributed by atoms with Gasteiger partial charge in [0.05, 0.1) is 11.4 Å². The molecule has 0 bridgehead atoms. The van der Waals surface area contributed by atoms with Crippen LogP contribution >= 0.6 is 11.6 Å². The number of hydrogen-bond donors (Lipinski definition) is 1. The molecular formula is C13H15ClFNO2. The first-order valence-electron chi connectivity index (χ1n) is 5.96. The molecule has 3 nitrogen and oxygen atoms in total. The van der Waals surface area contributed by atoms with Crippen molar-refractivity contribution in [3.8, 4) is 0 Å². The third-order valence-corrected chi connectivity index (χ3v) is 3.50. The Kier molecular flexibility index (Phi) is 4.19. The second-order valence-corrected chi connectivity index (χ2v) is 4.94. The van der Waals surface area contributed by atoms with Gasteiger partial charge in [-0.25, -0.2) is 4.39 Å². The lowest BCUT2D eigenvalue weighted by molar-refractivity contribution is -0.137. The first-order valence-corrected chi connectivity index (χ1v) is 6.34. The summed E-state index contributed by atoms with van der Waals surface area (Å²) in [5.74, 6) is -1.24. The highest BCUT2D eigenvalue weighted by Gasteiger charge is 2.29. The summed E-state index contributed by atoms with van der Waals surface area (Å²) in [5, 5.41) is 8.85. The second-order valence-electron chi connectivity index (χ2n) is 4.56. The van der Waals surface area contributed by atoms with Gasteiger partial charge in [0.1, 0.15) is 5.82 Å². The average Bonchev–Trinajstić information content (AvgIpc) is 3.13. The molecule has 0 aromatic heterocycles. The molecule has 1 aliphatic rings. The van der Waals surface area contributed by atoms with Gasteiger partial charge in [0, 0.05) is 19.1 Å². The molecule has 1 aliphatic carbocycles. The van der Waals surface area contributed by atoms with Crippen molar-refractivity contribution >= 4 is 17.6 Å². The van der Waals surface area contributed by atoms with E-state index in [1.807, 2.05) is 0 Å². The van der Waals surface area contributed by atoms with E-state index in [9.17, 15) is 9.18 Å². The number of carboxylic acid groups (broad SMARTS) is 1. The molecule has 1 aromatic carbocycles. The molecule has 0 aliphatic heterocycles. The Balaban J connectivity index is 2.04. The van der Waals surface area contributed by atoms with Gasteiger partial charge in [-0.05, 0) is 24.5 Å². The zero-order valence-electron chi connectivity index (χ0n) is 9.90. The molecule has 5 heteroatoms. The average molecular weight is 272 g/mol. The molecule has 0 amide bonds. The minimum absolute atomic E-state index is 0.101. The van der Waals surface area contributed by atoms with Gasteiger partial charge in [-0.3, -0.25) is 9.69 Å². The molecule has 1 N–H and O–H groups in total. The summed E-state index contributed by atoms with van der Waals surface area (Å²) in [5.41, 5.74) is 0.717. The largest absolute Gasteiger partial charge is 0.481 e. The molecule has 1 fully saturated rings. The predicted molar refractivity (Wildman–Crippen MR) is 67.1 cm³/mol. The quantitative estimate of drug-likeness (QED) is 0.865. The standard InChI is InChI=1S/C13H15ClFNO2/c14-13-9(2-1-3-11(13)15)8-16(10-4-5-10)7-6-12(17)18/h1-3,10H,4-8H2,(H,17,18). The Morgan fingerprint density at radius 1 is 1.50 bits per heavy atom. The van der Waals surface area contributed by atoms with Crippen LogP contribution in [0.4, 0.5) is 4.39 Å². The van der Waals surface area contributed by atoms with Crippen LogP contribution in [-0.4, -0.2) is 28.6 Å². The van der Waals surface area contributed by atoms with Crippen LogP contribution in [0.5, 0.6) is 0 Å². The number of carboxylic acids is 1. The molecule has 1 saturated carbocycles. The molecule has 0 atom stereocenters. The SMILES string of the molecule is O=C(O)CCN(Cc1cccc(F)c1Cl)C1CC1. The predicted octanol–water partition coefficient (Wildman–Crippen LogP) is 2.92. The number of halogens is 2. The Bertz CT molecular complexity index is 449. The van der Waals surface area contributed by atoms with E-state index in [2.05, 4.69) is 4.90 Å². The maximum atomic E-state index is 13.3. The molecule has 2 rings (SSSR count). The lowest BCUT2D eigenvalue weighted by atomic mass is 10.2. The maximum Gasteiger partial charge on any atom is 0.304 e. The number of carbonyl (C=O) groups is 1. The number of benzene rings is 1. The van der Waals surface area contributed by atoms with Gasteiger partial charge in [0.25, 0.3) is 0 Å². The van der Waals surface area contributed by atoms with Gasteiger partial charge in [-0.15, -0.1) is 0 Å². The topological polar surface area (TPSA) is 40.5 Å². The van der Waals surface area contributed by atoms with Crippen molar-refractivity contribution < 1.29 is 14.3 Å². The van der Waals surface area contributed by atoms with Crippen LogP contribution in [0.3, 0.4) is 0 Å². The molecule has 0 unspecified atom stereocenters. The Hall–Kier alpha value is -1.13. The second kappa shape index (κ2) is 5.67. The summed E-state index contributed by atoms with van der Waals surface area (Å²) < 4.78 is 13.3. The third kappa shape index (κ3) is 3.43. The first-order chi connectivity index (χ1) is 8.58. The maximum absolute atomic E-state index is 13.3. The third-order valence-electron chi connectivity index (χ3n) is 3.08. The van der Waals surface area contributed by atoms with Crippen LogP contribution in [0, 0.1) is 5.82 Å². The summed E-state index contributed by atoms with van der Waals surface area (Å²) in [6, 6.07) is 5.15. The minimum Gasteiger partial charge on any atom is -0.481 e. The van der Waals surface area contributed by atoms with E-state index in [0.717, 1.165) is 12.8 Å². The zero-order valence-corrected chi connectivity index (χ0v) is 10.7. The van der Waals surface area contributed by atoms with Crippen molar-refractivity contribution in [3.05, 3.63) is 34.6 Å². The summed E-state index contributed by atoms with van der Waals surface area (Å²) in [6.07, 6.45) is 2.25. The van der Waals surface area contributed by atoms with E-state index in [1.165, 1.54) is 6.07 Å². The number of aliphatic carboxylic acids is 1. The zero-order chi connectivity index (χ0) is 13.1. The molecule has 98 valence electrons. The van der Waals surface area contributed by atoms with Crippen LogP contribution in [0.1, 0.15) is 24.8 Å². The summed E-state index contributed by atoms with van der Waals surface area (Å²) in [7, 11) is 0. The summed E-state index contributed by atoms with van der Waals surface area (Å²) in [6.45, 7) is 0.987. The lowest BCUT2D eigenvalue weighted by Crippen LogP contribution is -2.28. The minimum atomic E-state index is -0.814. The molecule has 0 spiro atoms. The molecule has 1 aromatic rings. The van der Waals surface area contributed by atoms with E-state index in [1.54, 1.807) is 12.1 Å². The van der Waals surface area contributed by atoms with Crippen LogP contribution in [0.25, 0.3) is 0 Å². The van der Waals surface area contributed by atoms with Crippen molar-refractivity contribution in [2.45, 2.75) is 31.8 Å². The van der Waals surface area contributed by atoms with E-state index < -0.39 is 11.8 Å². The van der Waals surface area contributed by atoms with E-state index in [-0.39, 0.29) is 11.4 Å². The van der Waals surface area contributed by atoms with Gasteiger partial charge in [0.2, 0.25) is 0 Å². The Morgan fingerprint density at radius 3 is 2.83 bits per heavy atom. The Labute approximate surface area is 110 Å². The van der Waals surface area contributed by atoms with Gasteiger partial charge in [0.15, 0.2) is 0 Å². The van der Waals surface area contributed by atoms with Gasteiger partial charge >= 0.3 is 5.97 Å². The summed E-state index contributed by atoms with van der Waals surface area (Å²) >= 11 is 5.91.